The quantitative estimate of drug-likeness (QED) is 0.663. The monoisotopic (exact) mass is 187 g/mol. The summed E-state index contributed by atoms with van der Waals surface area (Å²) in [4.78, 5) is 0. The van der Waals surface area contributed by atoms with E-state index in [1.165, 1.54) is 30.4 Å². The molecule has 1 aromatic rings. The summed E-state index contributed by atoms with van der Waals surface area (Å²) in [6.45, 7) is 2.34. The van der Waals surface area contributed by atoms with Crippen molar-refractivity contribution in [2.45, 2.75) is 43.6 Å². The molecular formula is C13H17N. The van der Waals surface area contributed by atoms with Gasteiger partial charge in [-0.25, -0.2) is 0 Å². The first kappa shape index (κ1) is 8.49. The van der Waals surface area contributed by atoms with Gasteiger partial charge in [0.1, 0.15) is 0 Å². The fraction of sp³-hybridized carbons (Fsp3) is 0.538. The molecule has 3 rings (SSSR count). The fourth-order valence-corrected chi connectivity index (χ4v) is 3.48. The minimum atomic E-state index is 0.263. The summed E-state index contributed by atoms with van der Waals surface area (Å²) in [6, 6.07) is 9.21. The van der Waals surface area contributed by atoms with Crippen LogP contribution in [0.3, 0.4) is 0 Å². The van der Waals surface area contributed by atoms with Gasteiger partial charge in [0.2, 0.25) is 0 Å². The van der Waals surface area contributed by atoms with Crippen LogP contribution in [0.1, 0.15) is 43.2 Å². The zero-order chi connectivity index (χ0) is 9.76. The number of rotatable bonds is 0. The highest BCUT2D eigenvalue weighted by Crippen LogP contribution is 2.53. The molecule has 1 aromatic carbocycles. The van der Waals surface area contributed by atoms with Gasteiger partial charge in [-0.3, -0.25) is 0 Å². The molecule has 2 aliphatic carbocycles. The predicted octanol–water partition coefficient (Wildman–Crippen LogP) is 2.55. The summed E-state index contributed by atoms with van der Waals surface area (Å²) in [7, 11) is 0. The van der Waals surface area contributed by atoms with Crippen LogP contribution in [0, 0.1) is 0 Å². The molecule has 3 atom stereocenters. The van der Waals surface area contributed by atoms with Gasteiger partial charge in [0.05, 0.1) is 0 Å². The lowest BCUT2D eigenvalue weighted by Gasteiger charge is -2.36. The number of hydrogen-bond acceptors (Lipinski definition) is 1. The van der Waals surface area contributed by atoms with E-state index in [0.717, 1.165) is 0 Å². The second kappa shape index (κ2) is 2.60. The van der Waals surface area contributed by atoms with E-state index >= 15 is 0 Å². The Morgan fingerprint density at radius 1 is 1.36 bits per heavy atom. The molecule has 2 N–H and O–H groups in total. The molecule has 3 unspecified atom stereocenters. The smallest absolute Gasteiger partial charge is 0.0203 e. The number of nitrogens with two attached hydrogens (primary N) is 1. The highest BCUT2D eigenvalue weighted by molar-refractivity contribution is 5.46. The third-order valence-corrected chi connectivity index (χ3v) is 4.36. The molecule has 2 aliphatic rings. The second-order valence-electron chi connectivity index (χ2n) is 5.03. The van der Waals surface area contributed by atoms with Gasteiger partial charge in [0, 0.05) is 17.4 Å². The molecule has 0 radical (unpaired) electrons. The molecule has 0 heterocycles. The average molecular weight is 187 g/mol. The minimum absolute atomic E-state index is 0.263. The summed E-state index contributed by atoms with van der Waals surface area (Å²) in [6.07, 6.45) is 3.89. The molecule has 0 aliphatic heterocycles. The Labute approximate surface area is 85.3 Å². The highest BCUT2D eigenvalue weighted by atomic mass is 14.8. The second-order valence-corrected chi connectivity index (χ2v) is 5.03. The van der Waals surface area contributed by atoms with E-state index in [1.807, 2.05) is 0 Å². The normalized spacial score (nSPS) is 39.6. The van der Waals surface area contributed by atoms with Gasteiger partial charge in [0.25, 0.3) is 0 Å². The maximum Gasteiger partial charge on any atom is 0.0203 e. The molecule has 1 heteroatoms. The lowest BCUT2D eigenvalue weighted by molar-refractivity contribution is 0.276. The Balaban J connectivity index is 2.24. The van der Waals surface area contributed by atoms with Crippen molar-refractivity contribution in [3.63, 3.8) is 0 Å². The van der Waals surface area contributed by atoms with Gasteiger partial charge in [-0.15, -0.1) is 0 Å². The molecule has 0 saturated heterocycles. The van der Waals surface area contributed by atoms with Crippen LogP contribution in [0.5, 0.6) is 0 Å². The Morgan fingerprint density at radius 3 is 3.00 bits per heavy atom. The van der Waals surface area contributed by atoms with Crippen LogP contribution in [-0.2, 0) is 5.41 Å². The van der Waals surface area contributed by atoms with Crippen molar-refractivity contribution in [2.75, 3.05) is 0 Å². The molecule has 1 fully saturated rings. The highest BCUT2D eigenvalue weighted by Gasteiger charge is 2.48. The Kier molecular flexibility index (Phi) is 1.58. The summed E-state index contributed by atoms with van der Waals surface area (Å²) in [5.74, 6) is 0.630. The fourth-order valence-electron chi connectivity index (χ4n) is 3.48. The third kappa shape index (κ3) is 0.838. The van der Waals surface area contributed by atoms with Crippen molar-refractivity contribution in [2.24, 2.45) is 5.73 Å². The topological polar surface area (TPSA) is 26.0 Å². The molecule has 0 spiro atoms. The lowest BCUT2D eigenvalue weighted by Crippen LogP contribution is -2.44. The molecule has 1 saturated carbocycles. The van der Waals surface area contributed by atoms with Gasteiger partial charge < -0.3 is 5.73 Å². The van der Waals surface area contributed by atoms with Crippen molar-refractivity contribution in [1.82, 2.24) is 0 Å². The maximum absolute atomic E-state index is 6.37. The first-order valence-corrected chi connectivity index (χ1v) is 5.58. The number of benzene rings is 1. The van der Waals surface area contributed by atoms with Crippen LogP contribution < -0.4 is 5.73 Å². The van der Waals surface area contributed by atoms with E-state index < -0.39 is 0 Å². The molecule has 14 heavy (non-hydrogen) atoms. The lowest BCUT2D eigenvalue weighted by atomic mass is 9.71. The summed E-state index contributed by atoms with van der Waals surface area (Å²) >= 11 is 0. The summed E-state index contributed by atoms with van der Waals surface area (Å²) in [5, 5.41) is 0. The van der Waals surface area contributed by atoms with Crippen LogP contribution in [0.4, 0.5) is 0 Å². The average Bonchev–Trinajstić information content (AvgIpc) is 2.36. The van der Waals surface area contributed by atoms with E-state index in [9.17, 15) is 0 Å². The van der Waals surface area contributed by atoms with Crippen LogP contribution in [-0.4, -0.2) is 6.04 Å². The SMILES string of the molecule is CC12CCCC(c3ccccc31)C2N. The van der Waals surface area contributed by atoms with E-state index in [-0.39, 0.29) is 5.41 Å². The molecule has 0 aromatic heterocycles. The predicted molar refractivity (Wildman–Crippen MR) is 58.4 cm³/mol. The van der Waals surface area contributed by atoms with Crippen LogP contribution in [0.2, 0.25) is 0 Å². The van der Waals surface area contributed by atoms with Crippen LogP contribution in [0.25, 0.3) is 0 Å². The van der Waals surface area contributed by atoms with Gasteiger partial charge in [0.15, 0.2) is 0 Å². The van der Waals surface area contributed by atoms with Crippen molar-refractivity contribution in [1.29, 1.82) is 0 Å². The summed E-state index contributed by atoms with van der Waals surface area (Å²) < 4.78 is 0. The standard InChI is InChI=1S/C13H17N/c1-13-8-4-6-10(12(13)14)9-5-2-3-7-11(9)13/h2-3,5,7,10,12H,4,6,8,14H2,1H3. The van der Waals surface area contributed by atoms with Crippen molar-refractivity contribution in [3.8, 4) is 0 Å². The van der Waals surface area contributed by atoms with Gasteiger partial charge >= 0.3 is 0 Å². The molecule has 0 amide bonds. The Bertz CT molecular complexity index is 371. The molecular weight excluding hydrogens is 170 g/mol. The molecule has 2 bridgehead atoms. The maximum atomic E-state index is 6.37. The van der Waals surface area contributed by atoms with E-state index in [0.29, 0.717) is 12.0 Å². The van der Waals surface area contributed by atoms with Crippen LogP contribution in [0.15, 0.2) is 24.3 Å². The van der Waals surface area contributed by atoms with E-state index in [2.05, 4.69) is 31.2 Å². The van der Waals surface area contributed by atoms with Crippen LogP contribution >= 0.6 is 0 Å². The van der Waals surface area contributed by atoms with Crippen molar-refractivity contribution >= 4 is 0 Å². The number of fused-ring (bicyclic) bond motifs is 5. The molecule has 1 nitrogen and oxygen atoms in total. The first-order chi connectivity index (χ1) is 6.73. The third-order valence-electron chi connectivity index (χ3n) is 4.36. The van der Waals surface area contributed by atoms with Crippen molar-refractivity contribution in [3.05, 3.63) is 35.4 Å². The minimum Gasteiger partial charge on any atom is -0.326 e. The zero-order valence-electron chi connectivity index (χ0n) is 8.66. The Hall–Kier alpha value is -0.820. The largest absolute Gasteiger partial charge is 0.326 e. The zero-order valence-corrected chi connectivity index (χ0v) is 8.66. The number of hydrogen-bond donors (Lipinski definition) is 1. The summed E-state index contributed by atoms with van der Waals surface area (Å²) in [5.41, 5.74) is 9.68. The van der Waals surface area contributed by atoms with Gasteiger partial charge in [-0.2, -0.15) is 0 Å². The van der Waals surface area contributed by atoms with E-state index in [4.69, 9.17) is 5.73 Å². The first-order valence-electron chi connectivity index (χ1n) is 5.58. The Morgan fingerprint density at radius 2 is 2.14 bits per heavy atom. The van der Waals surface area contributed by atoms with Gasteiger partial charge in [-0.05, 0) is 24.0 Å². The van der Waals surface area contributed by atoms with E-state index in [1.54, 1.807) is 0 Å². The van der Waals surface area contributed by atoms with Crippen molar-refractivity contribution < 1.29 is 0 Å². The van der Waals surface area contributed by atoms with Gasteiger partial charge in [-0.1, -0.05) is 37.6 Å². The molecule has 74 valence electrons.